The average molecular weight is 357 g/mol. The molecule has 1 amide bonds. The Morgan fingerprint density at radius 3 is 2.16 bits per heavy atom. The third-order valence-electron chi connectivity index (χ3n) is 3.24. The minimum absolute atomic E-state index is 0.0186. The molecule has 0 saturated carbocycles. The van der Waals surface area contributed by atoms with Crippen molar-refractivity contribution in [3.8, 4) is 0 Å². The molecule has 0 spiro atoms. The van der Waals surface area contributed by atoms with Crippen molar-refractivity contribution in [1.82, 2.24) is 5.32 Å². The van der Waals surface area contributed by atoms with Gasteiger partial charge < -0.3 is 20.7 Å². The van der Waals surface area contributed by atoms with Gasteiger partial charge >= 0.3 is 5.97 Å². The Kier molecular flexibility index (Phi) is 6.91. The summed E-state index contributed by atoms with van der Waals surface area (Å²) in [5.41, 5.74) is 2.68. The van der Waals surface area contributed by atoms with Gasteiger partial charge in [-0.2, -0.15) is 0 Å². The topological polar surface area (TPSA) is 79.5 Å². The van der Waals surface area contributed by atoms with Gasteiger partial charge in [0.05, 0.1) is 13.5 Å². The molecule has 7 heteroatoms. The van der Waals surface area contributed by atoms with Crippen LogP contribution < -0.4 is 16.0 Å². The molecule has 2 aromatic rings. The van der Waals surface area contributed by atoms with E-state index < -0.39 is 5.97 Å². The van der Waals surface area contributed by atoms with E-state index in [0.717, 1.165) is 17.1 Å². The summed E-state index contributed by atoms with van der Waals surface area (Å²) < 4.78 is 4.48. The monoisotopic (exact) mass is 357 g/mol. The Bertz CT molecular complexity index is 733. The molecule has 0 aliphatic heterocycles. The highest BCUT2D eigenvalue weighted by Crippen LogP contribution is 2.18. The molecule has 130 valence electrons. The standard InChI is InChI=1S/C18H19N3O3S/c1-24-17(23)12-11-16(22)21-18(25)20-15-9-7-14(8-10-15)19-13-5-3-2-4-6-13/h2-10,19H,11-12H2,1H3,(H2,20,21,22,25). The SMILES string of the molecule is COC(=O)CCC(=O)NC(=S)Nc1ccc(Nc2ccccc2)cc1. The van der Waals surface area contributed by atoms with Crippen molar-refractivity contribution in [2.45, 2.75) is 12.8 Å². The lowest BCUT2D eigenvalue weighted by atomic mass is 10.2. The maximum absolute atomic E-state index is 11.7. The Labute approximate surface area is 151 Å². The molecule has 0 bridgehead atoms. The van der Waals surface area contributed by atoms with Crippen LogP contribution in [0.2, 0.25) is 0 Å². The first kappa shape index (κ1) is 18.4. The van der Waals surface area contributed by atoms with E-state index in [2.05, 4.69) is 20.7 Å². The van der Waals surface area contributed by atoms with E-state index in [1.54, 1.807) is 0 Å². The van der Waals surface area contributed by atoms with Crippen LogP contribution in [0.1, 0.15) is 12.8 Å². The first-order chi connectivity index (χ1) is 12.1. The van der Waals surface area contributed by atoms with Gasteiger partial charge in [0.15, 0.2) is 5.11 Å². The second-order valence-electron chi connectivity index (χ2n) is 5.15. The Morgan fingerprint density at radius 2 is 1.52 bits per heavy atom. The number of thiocarbonyl (C=S) groups is 1. The number of ether oxygens (including phenoxy) is 1. The quantitative estimate of drug-likeness (QED) is 0.544. The normalized spacial score (nSPS) is 9.80. The molecule has 0 unspecified atom stereocenters. The molecule has 6 nitrogen and oxygen atoms in total. The lowest BCUT2D eigenvalue weighted by Crippen LogP contribution is -2.34. The Morgan fingerprint density at radius 1 is 0.920 bits per heavy atom. The largest absolute Gasteiger partial charge is 0.469 e. The van der Waals surface area contributed by atoms with Crippen LogP contribution in [0, 0.1) is 0 Å². The van der Waals surface area contributed by atoms with Gasteiger partial charge in [0, 0.05) is 23.5 Å². The van der Waals surface area contributed by atoms with Gasteiger partial charge in [-0.05, 0) is 48.6 Å². The van der Waals surface area contributed by atoms with Gasteiger partial charge in [0.25, 0.3) is 0 Å². The van der Waals surface area contributed by atoms with Crippen molar-refractivity contribution >= 4 is 46.3 Å². The van der Waals surface area contributed by atoms with E-state index in [9.17, 15) is 9.59 Å². The summed E-state index contributed by atoms with van der Waals surface area (Å²) >= 11 is 5.08. The molecule has 0 aliphatic carbocycles. The van der Waals surface area contributed by atoms with Crippen molar-refractivity contribution in [3.05, 3.63) is 54.6 Å². The number of rotatable bonds is 6. The van der Waals surface area contributed by atoms with Gasteiger partial charge in [-0.15, -0.1) is 0 Å². The highest BCUT2D eigenvalue weighted by Gasteiger charge is 2.08. The van der Waals surface area contributed by atoms with Crippen LogP contribution in [-0.2, 0) is 14.3 Å². The molecule has 0 saturated heterocycles. The van der Waals surface area contributed by atoms with E-state index in [4.69, 9.17) is 12.2 Å². The second kappa shape index (κ2) is 9.39. The molecule has 0 radical (unpaired) electrons. The number of para-hydroxylation sites is 1. The number of hydrogen-bond donors (Lipinski definition) is 3. The first-order valence-electron chi connectivity index (χ1n) is 7.66. The van der Waals surface area contributed by atoms with Gasteiger partial charge in [0.1, 0.15) is 0 Å². The minimum atomic E-state index is -0.435. The number of anilines is 3. The van der Waals surface area contributed by atoms with Crippen LogP contribution in [0.5, 0.6) is 0 Å². The van der Waals surface area contributed by atoms with Crippen molar-refractivity contribution in [3.63, 3.8) is 0 Å². The average Bonchev–Trinajstić information content (AvgIpc) is 2.62. The van der Waals surface area contributed by atoms with Gasteiger partial charge in [-0.25, -0.2) is 0 Å². The van der Waals surface area contributed by atoms with Crippen LogP contribution in [0.4, 0.5) is 17.1 Å². The molecule has 0 heterocycles. The number of carbonyl (C=O) groups is 2. The van der Waals surface area contributed by atoms with E-state index >= 15 is 0 Å². The summed E-state index contributed by atoms with van der Waals surface area (Å²) in [6.07, 6.45) is 0.0409. The number of amides is 1. The summed E-state index contributed by atoms with van der Waals surface area (Å²) in [6.45, 7) is 0. The predicted octanol–water partition coefficient (Wildman–Crippen LogP) is 3.20. The maximum atomic E-state index is 11.7. The fourth-order valence-electron chi connectivity index (χ4n) is 1.99. The van der Waals surface area contributed by atoms with E-state index in [-0.39, 0.29) is 23.9 Å². The maximum Gasteiger partial charge on any atom is 0.306 e. The highest BCUT2D eigenvalue weighted by molar-refractivity contribution is 7.80. The van der Waals surface area contributed by atoms with Crippen LogP contribution in [0.25, 0.3) is 0 Å². The lowest BCUT2D eigenvalue weighted by molar-refractivity contribution is -0.142. The molecule has 3 N–H and O–H groups in total. The second-order valence-corrected chi connectivity index (χ2v) is 5.56. The summed E-state index contributed by atoms with van der Waals surface area (Å²) in [4.78, 5) is 22.7. The van der Waals surface area contributed by atoms with E-state index in [1.807, 2.05) is 54.6 Å². The number of methoxy groups -OCH3 is 1. The summed E-state index contributed by atoms with van der Waals surface area (Å²) in [6, 6.07) is 17.3. The van der Waals surface area contributed by atoms with Gasteiger partial charge in [-0.1, -0.05) is 18.2 Å². The predicted molar refractivity (Wildman–Crippen MR) is 102 cm³/mol. The fraction of sp³-hybridized carbons (Fsp3) is 0.167. The molecule has 0 aromatic heterocycles. The van der Waals surface area contributed by atoms with Crippen LogP contribution in [-0.4, -0.2) is 24.1 Å². The molecule has 25 heavy (non-hydrogen) atoms. The molecular weight excluding hydrogens is 338 g/mol. The zero-order chi connectivity index (χ0) is 18.1. The molecular formula is C18H19N3O3S. The Hall–Kier alpha value is -2.93. The minimum Gasteiger partial charge on any atom is -0.469 e. The zero-order valence-corrected chi connectivity index (χ0v) is 14.6. The lowest BCUT2D eigenvalue weighted by Gasteiger charge is -2.11. The number of nitrogens with one attached hydrogen (secondary N) is 3. The number of benzene rings is 2. The molecule has 2 aromatic carbocycles. The third-order valence-corrected chi connectivity index (χ3v) is 3.45. The highest BCUT2D eigenvalue weighted by atomic mass is 32.1. The van der Waals surface area contributed by atoms with Crippen molar-refractivity contribution < 1.29 is 14.3 Å². The Balaban J connectivity index is 1.81. The number of esters is 1. The fourth-order valence-corrected chi connectivity index (χ4v) is 2.23. The molecule has 2 rings (SSSR count). The van der Waals surface area contributed by atoms with Crippen LogP contribution in [0.3, 0.4) is 0 Å². The molecule has 0 fully saturated rings. The number of hydrogen-bond acceptors (Lipinski definition) is 5. The van der Waals surface area contributed by atoms with E-state index in [1.165, 1.54) is 7.11 Å². The summed E-state index contributed by atoms with van der Waals surface area (Å²) in [7, 11) is 1.28. The van der Waals surface area contributed by atoms with Crippen molar-refractivity contribution in [2.75, 3.05) is 17.7 Å². The van der Waals surface area contributed by atoms with Crippen LogP contribution >= 0.6 is 12.2 Å². The van der Waals surface area contributed by atoms with Crippen LogP contribution in [0.15, 0.2) is 54.6 Å². The zero-order valence-electron chi connectivity index (χ0n) is 13.7. The molecule has 0 aliphatic rings. The van der Waals surface area contributed by atoms with Crippen molar-refractivity contribution in [2.24, 2.45) is 0 Å². The molecule has 0 atom stereocenters. The first-order valence-corrected chi connectivity index (χ1v) is 8.07. The van der Waals surface area contributed by atoms with Gasteiger partial charge in [-0.3, -0.25) is 9.59 Å². The smallest absolute Gasteiger partial charge is 0.306 e. The third kappa shape index (κ3) is 6.60. The van der Waals surface area contributed by atoms with E-state index in [0.29, 0.717) is 0 Å². The van der Waals surface area contributed by atoms with Crippen molar-refractivity contribution in [1.29, 1.82) is 0 Å². The summed E-state index contributed by atoms with van der Waals surface area (Å²) in [5, 5.41) is 8.90. The summed E-state index contributed by atoms with van der Waals surface area (Å²) in [5.74, 6) is -0.777. The van der Waals surface area contributed by atoms with Gasteiger partial charge in [0.2, 0.25) is 5.91 Å². The number of carbonyl (C=O) groups excluding carboxylic acids is 2.